The Morgan fingerprint density at radius 3 is 2.84 bits per heavy atom. The summed E-state index contributed by atoms with van der Waals surface area (Å²) in [7, 11) is 0. The number of thiophene rings is 1. The van der Waals surface area contributed by atoms with Crippen molar-refractivity contribution in [2.75, 3.05) is 12.3 Å². The van der Waals surface area contributed by atoms with Crippen molar-refractivity contribution in [3.63, 3.8) is 0 Å². The molecular formula is C16H19NS2. The molecule has 3 rings (SSSR count). The summed E-state index contributed by atoms with van der Waals surface area (Å²) in [5.41, 5.74) is 1.67. The van der Waals surface area contributed by atoms with Gasteiger partial charge in [0.15, 0.2) is 0 Å². The molecule has 100 valence electrons. The van der Waals surface area contributed by atoms with Crippen LogP contribution >= 0.6 is 23.1 Å². The van der Waals surface area contributed by atoms with Gasteiger partial charge in [0, 0.05) is 33.5 Å². The third-order valence-electron chi connectivity index (χ3n) is 3.68. The van der Waals surface area contributed by atoms with Crippen LogP contribution in [-0.2, 0) is 5.41 Å². The SMILES string of the molecule is CC(C)(CNC1CSc2ccccc21)c1cccs1. The highest BCUT2D eigenvalue weighted by Gasteiger charge is 2.26. The molecule has 0 fully saturated rings. The maximum Gasteiger partial charge on any atom is 0.0426 e. The molecule has 1 aromatic carbocycles. The number of thioether (sulfide) groups is 1. The largest absolute Gasteiger partial charge is 0.308 e. The van der Waals surface area contributed by atoms with Crippen molar-refractivity contribution < 1.29 is 0 Å². The zero-order chi connectivity index (χ0) is 13.3. The van der Waals surface area contributed by atoms with Crippen molar-refractivity contribution in [2.45, 2.75) is 30.2 Å². The standard InChI is InChI=1S/C16H19NS2/c1-16(2,15-8-5-9-18-15)11-17-13-10-19-14-7-4-3-6-12(13)14/h3-9,13,17H,10-11H2,1-2H3. The highest BCUT2D eigenvalue weighted by Crippen LogP contribution is 2.38. The normalized spacial score (nSPS) is 18.5. The average Bonchev–Trinajstić information content (AvgIpc) is 3.07. The highest BCUT2D eigenvalue weighted by atomic mass is 32.2. The summed E-state index contributed by atoms with van der Waals surface area (Å²) in [5, 5.41) is 5.92. The van der Waals surface area contributed by atoms with E-state index in [4.69, 9.17) is 0 Å². The fraction of sp³-hybridized carbons (Fsp3) is 0.375. The van der Waals surface area contributed by atoms with Crippen LogP contribution in [-0.4, -0.2) is 12.3 Å². The molecular weight excluding hydrogens is 270 g/mol. The van der Waals surface area contributed by atoms with Crippen molar-refractivity contribution in [3.05, 3.63) is 52.2 Å². The van der Waals surface area contributed by atoms with Gasteiger partial charge in [-0.3, -0.25) is 0 Å². The second-order valence-electron chi connectivity index (χ2n) is 5.64. The van der Waals surface area contributed by atoms with E-state index >= 15 is 0 Å². The van der Waals surface area contributed by atoms with E-state index in [0.29, 0.717) is 6.04 Å². The van der Waals surface area contributed by atoms with E-state index in [1.165, 1.54) is 15.3 Å². The predicted molar refractivity (Wildman–Crippen MR) is 85.3 cm³/mol. The Balaban J connectivity index is 1.68. The van der Waals surface area contributed by atoms with Gasteiger partial charge >= 0.3 is 0 Å². The molecule has 1 aliphatic rings. The Morgan fingerprint density at radius 1 is 1.21 bits per heavy atom. The molecule has 0 aliphatic carbocycles. The zero-order valence-corrected chi connectivity index (χ0v) is 13.0. The molecule has 0 radical (unpaired) electrons. The van der Waals surface area contributed by atoms with Crippen molar-refractivity contribution in [2.24, 2.45) is 0 Å². The van der Waals surface area contributed by atoms with Gasteiger partial charge in [-0.2, -0.15) is 0 Å². The maximum atomic E-state index is 3.75. The summed E-state index contributed by atoms with van der Waals surface area (Å²) in [4.78, 5) is 2.90. The minimum absolute atomic E-state index is 0.205. The van der Waals surface area contributed by atoms with E-state index in [9.17, 15) is 0 Å². The Labute approximate surface area is 123 Å². The van der Waals surface area contributed by atoms with Crippen molar-refractivity contribution in [1.82, 2.24) is 5.32 Å². The first-order valence-corrected chi connectivity index (χ1v) is 8.52. The molecule has 2 heterocycles. The predicted octanol–water partition coefficient (Wildman–Crippen LogP) is 4.46. The zero-order valence-electron chi connectivity index (χ0n) is 11.3. The monoisotopic (exact) mass is 289 g/mol. The molecule has 0 amide bonds. The number of nitrogens with one attached hydrogen (secondary N) is 1. The van der Waals surface area contributed by atoms with Crippen molar-refractivity contribution >= 4 is 23.1 Å². The van der Waals surface area contributed by atoms with Crippen LogP contribution in [0.1, 0.15) is 30.3 Å². The van der Waals surface area contributed by atoms with Gasteiger partial charge in [0.25, 0.3) is 0 Å². The van der Waals surface area contributed by atoms with Gasteiger partial charge in [0.05, 0.1) is 0 Å². The first-order valence-electron chi connectivity index (χ1n) is 6.66. The molecule has 19 heavy (non-hydrogen) atoms. The number of hydrogen-bond acceptors (Lipinski definition) is 3. The van der Waals surface area contributed by atoms with Crippen LogP contribution in [0.2, 0.25) is 0 Å². The van der Waals surface area contributed by atoms with Crippen LogP contribution in [0.25, 0.3) is 0 Å². The van der Waals surface area contributed by atoms with Gasteiger partial charge in [-0.25, -0.2) is 0 Å². The molecule has 0 saturated carbocycles. The van der Waals surface area contributed by atoms with E-state index in [2.05, 4.69) is 60.9 Å². The molecule has 1 atom stereocenters. The van der Waals surface area contributed by atoms with Crippen LogP contribution in [0.4, 0.5) is 0 Å². The smallest absolute Gasteiger partial charge is 0.0426 e. The number of hydrogen-bond donors (Lipinski definition) is 1. The lowest BCUT2D eigenvalue weighted by Gasteiger charge is -2.26. The molecule has 0 bridgehead atoms. The lowest BCUT2D eigenvalue weighted by molar-refractivity contribution is 0.445. The summed E-state index contributed by atoms with van der Waals surface area (Å²) in [6.45, 7) is 5.66. The van der Waals surface area contributed by atoms with E-state index in [1.54, 1.807) is 0 Å². The number of fused-ring (bicyclic) bond motifs is 1. The minimum Gasteiger partial charge on any atom is -0.308 e. The lowest BCUT2D eigenvalue weighted by Crippen LogP contribution is -2.34. The molecule has 1 nitrogen and oxygen atoms in total. The summed E-state index contributed by atoms with van der Waals surface area (Å²) in [6.07, 6.45) is 0. The molecule has 3 heteroatoms. The van der Waals surface area contributed by atoms with Crippen LogP contribution < -0.4 is 5.32 Å². The maximum absolute atomic E-state index is 3.75. The van der Waals surface area contributed by atoms with Gasteiger partial charge < -0.3 is 5.32 Å². The van der Waals surface area contributed by atoms with Crippen LogP contribution in [0.15, 0.2) is 46.7 Å². The Kier molecular flexibility index (Phi) is 3.70. The first-order chi connectivity index (χ1) is 9.17. The Hall–Kier alpha value is -0.770. The van der Waals surface area contributed by atoms with Crippen LogP contribution in [0, 0.1) is 0 Å². The van der Waals surface area contributed by atoms with E-state index < -0.39 is 0 Å². The number of rotatable bonds is 4. The summed E-state index contributed by atoms with van der Waals surface area (Å²) >= 11 is 3.82. The molecule has 1 unspecified atom stereocenters. The van der Waals surface area contributed by atoms with E-state index in [-0.39, 0.29) is 5.41 Å². The van der Waals surface area contributed by atoms with Crippen molar-refractivity contribution in [3.8, 4) is 0 Å². The lowest BCUT2D eigenvalue weighted by atomic mass is 9.91. The Morgan fingerprint density at radius 2 is 2.05 bits per heavy atom. The highest BCUT2D eigenvalue weighted by molar-refractivity contribution is 7.99. The fourth-order valence-corrected chi connectivity index (χ4v) is 4.51. The molecule has 1 aromatic heterocycles. The van der Waals surface area contributed by atoms with Crippen molar-refractivity contribution in [1.29, 1.82) is 0 Å². The molecule has 0 saturated heterocycles. The number of benzene rings is 1. The van der Waals surface area contributed by atoms with E-state index in [0.717, 1.165) is 12.3 Å². The van der Waals surface area contributed by atoms with Crippen LogP contribution in [0.3, 0.4) is 0 Å². The molecule has 2 aromatic rings. The first kappa shape index (κ1) is 13.2. The van der Waals surface area contributed by atoms with Crippen LogP contribution in [0.5, 0.6) is 0 Å². The quantitative estimate of drug-likeness (QED) is 0.891. The minimum atomic E-state index is 0.205. The third-order valence-corrected chi connectivity index (χ3v) is 6.10. The van der Waals surface area contributed by atoms with Gasteiger partial charge in [0.1, 0.15) is 0 Å². The fourth-order valence-electron chi connectivity index (χ4n) is 2.46. The molecule has 0 spiro atoms. The summed E-state index contributed by atoms with van der Waals surface area (Å²) < 4.78 is 0. The molecule has 1 N–H and O–H groups in total. The van der Waals surface area contributed by atoms with Gasteiger partial charge in [-0.15, -0.1) is 23.1 Å². The Bertz CT molecular complexity index is 546. The molecule has 1 aliphatic heterocycles. The van der Waals surface area contributed by atoms with Gasteiger partial charge in [-0.05, 0) is 23.1 Å². The third kappa shape index (κ3) is 2.73. The second-order valence-corrected chi connectivity index (χ2v) is 7.65. The summed E-state index contributed by atoms with van der Waals surface area (Å²) in [6, 6.07) is 13.6. The van der Waals surface area contributed by atoms with E-state index in [1.807, 2.05) is 23.1 Å². The van der Waals surface area contributed by atoms with Gasteiger partial charge in [0.2, 0.25) is 0 Å². The van der Waals surface area contributed by atoms with Gasteiger partial charge in [-0.1, -0.05) is 38.1 Å². The topological polar surface area (TPSA) is 12.0 Å². The second kappa shape index (κ2) is 5.31. The average molecular weight is 289 g/mol. The summed E-state index contributed by atoms with van der Waals surface area (Å²) in [5.74, 6) is 1.15.